The van der Waals surface area contributed by atoms with Crippen LogP contribution in [0.5, 0.6) is 0 Å². The van der Waals surface area contributed by atoms with Crippen LogP contribution in [0, 0.1) is 5.92 Å². The Hall–Kier alpha value is -0.380. The van der Waals surface area contributed by atoms with Gasteiger partial charge in [0.1, 0.15) is 0 Å². The molecule has 1 N–H and O–H groups in total. The second-order valence-corrected chi connectivity index (χ2v) is 6.30. The first-order valence-electron chi connectivity index (χ1n) is 6.81. The zero-order chi connectivity index (χ0) is 13.0. The lowest BCUT2D eigenvalue weighted by Crippen LogP contribution is -2.34. The Kier molecular flexibility index (Phi) is 5.22. The molecule has 0 aliphatic carbocycles. The summed E-state index contributed by atoms with van der Waals surface area (Å²) < 4.78 is 1.03. The van der Waals surface area contributed by atoms with Crippen molar-refractivity contribution in [3.8, 4) is 0 Å². The summed E-state index contributed by atoms with van der Waals surface area (Å²) in [7, 11) is 0. The number of hydrogen-bond donors (Lipinski definition) is 1. The Morgan fingerprint density at radius 1 is 1.39 bits per heavy atom. The number of likely N-dealkylation sites (tertiary alicyclic amines) is 1. The Balaban J connectivity index is 1.79. The molecule has 0 amide bonds. The van der Waals surface area contributed by atoms with Gasteiger partial charge in [-0.3, -0.25) is 0 Å². The molecule has 1 aliphatic heterocycles. The highest BCUT2D eigenvalue weighted by atomic mass is 79.9. The molecule has 1 atom stereocenters. The van der Waals surface area contributed by atoms with E-state index in [1.807, 2.05) is 24.3 Å². The van der Waals surface area contributed by atoms with Gasteiger partial charge in [0.15, 0.2) is 0 Å². The predicted octanol–water partition coefficient (Wildman–Crippen LogP) is 3.60. The summed E-state index contributed by atoms with van der Waals surface area (Å²) in [6, 6.07) is 7.96. The molecule has 0 bridgehead atoms. The van der Waals surface area contributed by atoms with Gasteiger partial charge in [-0.25, -0.2) is 0 Å². The van der Waals surface area contributed by atoms with Crippen molar-refractivity contribution in [2.75, 3.05) is 19.6 Å². The van der Waals surface area contributed by atoms with Crippen LogP contribution in [0.2, 0.25) is 0 Å². The van der Waals surface area contributed by atoms with Crippen molar-refractivity contribution in [1.82, 2.24) is 4.90 Å². The lowest BCUT2D eigenvalue weighted by molar-refractivity contribution is 0.125. The third-order valence-electron chi connectivity index (χ3n) is 3.83. The summed E-state index contributed by atoms with van der Waals surface area (Å²) in [6.45, 7) is 5.70. The first-order chi connectivity index (χ1) is 8.65. The summed E-state index contributed by atoms with van der Waals surface area (Å²) in [5, 5.41) is 10.2. The second kappa shape index (κ2) is 6.69. The highest BCUT2D eigenvalue weighted by molar-refractivity contribution is 9.10. The Bertz CT molecular complexity index is 375. The summed E-state index contributed by atoms with van der Waals surface area (Å²) in [4.78, 5) is 2.47. The molecule has 2 rings (SSSR count). The van der Waals surface area contributed by atoms with Crippen LogP contribution in [-0.2, 0) is 0 Å². The van der Waals surface area contributed by atoms with Crippen molar-refractivity contribution in [3.63, 3.8) is 0 Å². The fourth-order valence-electron chi connectivity index (χ4n) is 2.47. The molecule has 2 nitrogen and oxygen atoms in total. The smallest absolute Gasteiger partial charge is 0.0802 e. The Morgan fingerprint density at radius 2 is 2.11 bits per heavy atom. The summed E-state index contributed by atoms with van der Waals surface area (Å²) in [6.07, 6.45) is 3.08. The molecule has 1 aromatic carbocycles. The van der Waals surface area contributed by atoms with Gasteiger partial charge in [0.2, 0.25) is 0 Å². The van der Waals surface area contributed by atoms with Gasteiger partial charge < -0.3 is 10.0 Å². The van der Waals surface area contributed by atoms with Gasteiger partial charge in [-0.05, 0) is 56.0 Å². The van der Waals surface area contributed by atoms with E-state index in [0.717, 1.165) is 28.9 Å². The van der Waals surface area contributed by atoms with Crippen molar-refractivity contribution < 1.29 is 5.11 Å². The minimum atomic E-state index is -0.346. The van der Waals surface area contributed by atoms with E-state index >= 15 is 0 Å². The largest absolute Gasteiger partial charge is 0.388 e. The maximum absolute atomic E-state index is 10.2. The van der Waals surface area contributed by atoms with E-state index in [0.29, 0.717) is 0 Å². The Morgan fingerprint density at radius 3 is 2.78 bits per heavy atom. The molecule has 0 spiro atoms. The number of hydrogen-bond acceptors (Lipinski definition) is 2. The topological polar surface area (TPSA) is 23.5 Å². The van der Waals surface area contributed by atoms with Crippen molar-refractivity contribution in [2.24, 2.45) is 5.92 Å². The van der Waals surface area contributed by atoms with Crippen molar-refractivity contribution >= 4 is 15.9 Å². The maximum atomic E-state index is 10.2. The molecule has 1 saturated heterocycles. The second-order valence-electron chi connectivity index (χ2n) is 5.38. The molecule has 1 aliphatic rings. The lowest BCUT2D eigenvalue weighted by Gasteiger charge is -2.30. The molecule has 100 valence electrons. The standard InChI is InChI=1S/C15H22BrNO/c1-12-5-8-17(9-6-12)10-7-15(18)13-3-2-4-14(16)11-13/h2-4,11-12,15,18H,5-10H2,1H3. The van der Waals surface area contributed by atoms with Gasteiger partial charge in [0.25, 0.3) is 0 Å². The average Bonchev–Trinajstić information content (AvgIpc) is 2.38. The van der Waals surface area contributed by atoms with Gasteiger partial charge in [-0.15, -0.1) is 0 Å². The number of halogens is 1. The highest BCUT2D eigenvalue weighted by Gasteiger charge is 2.17. The maximum Gasteiger partial charge on any atom is 0.0802 e. The van der Waals surface area contributed by atoms with Gasteiger partial charge in [0.05, 0.1) is 6.10 Å². The van der Waals surface area contributed by atoms with E-state index in [1.165, 1.54) is 25.9 Å². The zero-order valence-corrected chi connectivity index (χ0v) is 12.6. The average molecular weight is 312 g/mol. The fraction of sp³-hybridized carbons (Fsp3) is 0.600. The van der Waals surface area contributed by atoms with Crippen LogP contribution >= 0.6 is 15.9 Å². The summed E-state index contributed by atoms with van der Waals surface area (Å²) in [5.41, 5.74) is 1.01. The first kappa shape index (κ1) is 14.0. The summed E-state index contributed by atoms with van der Waals surface area (Å²) >= 11 is 3.44. The number of nitrogens with zero attached hydrogens (tertiary/aromatic N) is 1. The Labute approximate surface area is 118 Å². The van der Waals surface area contributed by atoms with Gasteiger partial charge in [-0.2, -0.15) is 0 Å². The van der Waals surface area contributed by atoms with Crippen LogP contribution in [0.15, 0.2) is 28.7 Å². The first-order valence-corrected chi connectivity index (χ1v) is 7.60. The van der Waals surface area contributed by atoms with E-state index in [1.54, 1.807) is 0 Å². The third-order valence-corrected chi connectivity index (χ3v) is 4.32. The molecule has 1 heterocycles. The number of rotatable bonds is 4. The van der Waals surface area contributed by atoms with Crippen LogP contribution in [0.4, 0.5) is 0 Å². The van der Waals surface area contributed by atoms with Crippen molar-refractivity contribution in [2.45, 2.75) is 32.3 Å². The van der Waals surface area contributed by atoms with E-state index in [4.69, 9.17) is 0 Å². The van der Waals surface area contributed by atoms with Gasteiger partial charge in [0, 0.05) is 11.0 Å². The van der Waals surface area contributed by atoms with Gasteiger partial charge in [-0.1, -0.05) is 35.0 Å². The van der Waals surface area contributed by atoms with Crippen LogP contribution in [-0.4, -0.2) is 29.6 Å². The predicted molar refractivity (Wildman–Crippen MR) is 78.6 cm³/mol. The highest BCUT2D eigenvalue weighted by Crippen LogP contribution is 2.22. The van der Waals surface area contributed by atoms with E-state index in [2.05, 4.69) is 27.8 Å². The SMILES string of the molecule is CC1CCN(CCC(O)c2cccc(Br)c2)CC1. The van der Waals surface area contributed by atoms with E-state index in [-0.39, 0.29) is 6.10 Å². The molecule has 18 heavy (non-hydrogen) atoms. The summed E-state index contributed by atoms with van der Waals surface area (Å²) in [5.74, 6) is 0.872. The minimum Gasteiger partial charge on any atom is -0.388 e. The lowest BCUT2D eigenvalue weighted by atomic mass is 9.98. The quantitative estimate of drug-likeness (QED) is 0.918. The molecular weight excluding hydrogens is 290 g/mol. The molecule has 0 saturated carbocycles. The monoisotopic (exact) mass is 311 g/mol. The zero-order valence-electron chi connectivity index (χ0n) is 11.0. The molecular formula is C15H22BrNO. The minimum absolute atomic E-state index is 0.346. The molecule has 3 heteroatoms. The molecule has 1 unspecified atom stereocenters. The third kappa shape index (κ3) is 4.08. The molecule has 1 fully saturated rings. The van der Waals surface area contributed by atoms with Crippen LogP contribution in [0.25, 0.3) is 0 Å². The van der Waals surface area contributed by atoms with Gasteiger partial charge >= 0.3 is 0 Å². The number of aliphatic hydroxyl groups excluding tert-OH is 1. The van der Waals surface area contributed by atoms with Crippen LogP contribution in [0.1, 0.15) is 37.9 Å². The number of aliphatic hydroxyl groups is 1. The van der Waals surface area contributed by atoms with Crippen LogP contribution in [0.3, 0.4) is 0 Å². The molecule has 0 radical (unpaired) electrons. The van der Waals surface area contributed by atoms with Crippen LogP contribution < -0.4 is 0 Å². The number of piperidine rings is 1. The van der Waals surface area contributed by atoms with Crippen molar-refractivity contribution in [3.05, 3.63) is 34.3 Å². The normalized spacial score (nSPS) is 19.9. The van der Waals surface area contributed by atoms with E-state index in [9.17, 15) is 5.11 Å². The molecule has 1 aromatic rings. The van der Waals surface area contributed by atoms with Crippen molar-refractivity contribution in [1.29, 1.82) is 0 Å². The molecule has 0 aromatic heterocycles. The fourth-order valence-corrected chi connectivity index (χ4v) is 2.89. The van der Waals surface area contributed by atoms with E-state index < -0.39 is 0 Å². The number of benzene rings is 1.